The molecule has 2 N–H and O–H groups in total. The predicted molar refractivity (Wildman–Crippen MR) is 256 cm³/mol. The van der Waals surface area contributed by atoms with Crippen LogP contribution in [0.3, 0.4) is 0 Å². The highest BCUT2D eigenvalue weighted by atomic mass is 32.2. The highest BCUT2D eigenvalue weighted by Crippen LogP contribution is 2.43. The Hall–Kier alpha value is -6.62. The number of allylic oxidation sites excluding steroid dienone is 3. The Labute approximate surface area is 352 Å². The van der Waals surface area contributed by atoms with Gasteiger partial charge in [-0.2, -0.15) is 0 Å². The number of benzene rings is 7. The third kappa shape index (κ3) is 7.48. The molecule has 0 amide bonds. The van der Waals surface area contributed by atoms with E-state index in [1.54, 1.807) is 11.8 Å². The molecule has 0 saturated carbocycles. The molecule has 4 heteroatoms. The molecule has 8 aromatic rings. The molecular weight excluding hydrogens is 735 g/mol. The first kappa shape index (κ1) is 37.9. The molecule has 7 aromatic carbocycles. The summed E-state index contributed by atoms with van der Waals surface area (Å²) < 4.78 is 0. The van der Waals surface area contributed by atoms with Crippen LogP contribution in [0.1, 0.15) is 66.7 Å². The van der Waals surface area contributed by atoms with Crippen LogP contribution in [0.2, 0.25) is 0 Å². The van der Waals surface area contributed by atoms with Gasteiger partial charge in [0, 0.05) is 26.9 Å². The lowest BCUT2D eigenvalue weighted by Gasteiger charge is -2.26. The van der Waals surface area contributed by atoms with Gasteiger partial charge in [0.1, 0.15) is 6.17 Å². The molecular formula is C55H47N3S. The number of hydrogen-bond donors (Lipinski definition) is 2. The minimum atomic E-state index is -0.400. The Morgan fingerprint density at radius 1 is 0.729 bits per heavy atom. The summed E-state index contributed by atoms with van der Waals surface area (Å²) in [5.74, 6) is 0. The number of aliphatic imine (C=N–C) groups is 1. The maximum Gasteiger partial charge on any atom is 0.145 e. The molecule has 10 rings (SSSR count). The fraction of sp³-hybridized carbons (Fsp3) is 0.109. The van der Waals surface area contributed by atoms with Gasteiger partial charge in [0.05, 0.1) is 16.9 Å². The van der Waals surface area contributed by atoms with Crippen LogP contribution in [0, 0.1) is 0 Å². The molecule has 3 nitrogen and oxygen atoms in total. The minimum Gasteiger partial charge on any atom is -0.361 e. The van der Waals surface area contributed by atoms with Gasteiger partial charge >= 0.3 is 0 Å². The summed E-state index contributed by atoms with van der Waals surface area (Å²) in [6.45, 7) is 10.9. The van der Waals surface area contributed by atoms with Crippen molar-refractivity contribution in [1.29, 1.82) is 0 Å². The van der Waals surface area contributed by atoms with E-state index < -0.39 is 6.17 Å². The molecule has 288 valence electrons. The summed E-state index contributed by atoms with van der Waals surface area (Å²) in [6, 6.07) is 54.7. The number of aromatic amines is 1. The van der Waals surface area contributed by atoms with Gasteiger partial charge in [0.25, 0.3) is 0 Å². The van der Waals surface area contributed by atoms with Crippen molar-refractivity contribution in [3.63, 3.8) is 0 Å². The topological polar surface area (TPSA) is 40.2 Å². The first-order chi connectivity index (χ1) is 29.1. The summed E-state index contributed by atoms with van der Waals surface area (Å²) >= 11 is 1.67. The van der Waals surface area contributed by atoms with Crippen molar-refractivity contribution in [2.45, 2.75) is 44.7 Å². The normalized spacial score (nSPS) is 15.8. The molecule has 2 heterocycles. The standard InChI is InChI=1S/C53H41N3S.C2H6/c1-34(29-38-17-6-8-20-43(38)36-15-4-3-5-16-36)40-30-41(48-33-39-18-7-9-21-44(39)45-22-10-11-23-46(45)48)32-42(31-40)53-55-49-25-12-13-26-50(49)57-35(2)51(56-53)47-24-14-19-37-27-28-54-52(37)47;1-2/h3-10,12-22,24-33,53-55H,2,11,23H2,1H3;1-2H3/b34-29+,56-51+;. The fourth-order valence-corrected chi connectivity index (χ4v) is 9.38. The highest BCUT2D eigenvalue weighted by Gasteiger charge is 2.24. The van der Waals surface area contributed by atoms with E-state index in [0.29, 0.717) is 0 Å². The van der Waals surface area contributed by atoms with E-state index in [9.17, 15) is 0 Å². The number of H-pyrrole nitrogens is 1. The van der Waals surface area contributed by atoms with E-state index >= 15 is 0 Å². The Morgan fingerprint density at radius 2 is 1.49 bits per heavy atom. The van der Waals surface area contributed by atoms with E-state index in [1.165, 1.54) is 55.3 Å². The lowest BCUT2D eigenvalue weighted by Crippen LogP contribution is -2.16. The van der Waals surface area contributed by atoms with Crippen LogP contribution >= 0.6 is 11.8 Å². The molecule has 1 aliphatic heterocycles. The molecule has 0 saturated heterocycles. The summed E-state index contributed by atoms with van der Waals surface area (Å²) in [6.07, 6.45) is 10.6. The van der Waals surface area contributed by atoms with Crippen LogP contribution in [0.5, 0.6) is 0 Å². The van der Waals surface area contributed by atoms with Gasteiger partial charge < -0.3 is 10.3 Å². The van der Waals surface area contributed by atoms with Gasteiger partial charge in [0.15, 0.2) is 0 Å². The van der Waals surface area contributed by atoms with Crippen LogP contribution < -0.4 is 5.32 Å². The number of fused-ring (bicyclic) bond motifs is 5. The Bertz CT molecular complexity index is 2950. The number of rotatable bonds is 6. The zero-order valence-electron chi connectivity index (χ0n) is 33.8. The SMILES string of the molecule is C=C1Sc2ccccc2NC(c2cc(/C(C)=C/c3ccccc3-c3ccccc3)cc(-c3cc4ccccc4c4c3CCC=C4)c2)/N=C\1c1cccc2cc[nH]c12.CC. The molecule has 1 aliphatic carbocycles. The summed E-state index contributed by atoms with van der Waals surface area (Å²) in [5, 5.41) is 7.61. The quantitative estimate of drug-likeness (QED) is 0.165. The molecule has 0 bridgehead atoms. The van der Waals surface area contributed by atoms with Crippen molar-refractivity contribution in [2.24, 2.45) is 4.99 Å². The Kier molecular flexibility index (Phi) is 10.7. The summed E-state index contributed by atoms with van der Waals surface area (Å²) in [4.78, 5) is 11.2. The molecule has 1 unspecified atom stereocenters. The van der Waals surface area contributed by atoms with E-state index in [4.69, 9.17) is 4.99 Å². The van der Waals surface area contributed by atoms with Gasteiger partial charge in [-0.05, 0) is 129 Å². The maximum absolute atomic E-state index is 5.63. The zero-order chi connectivity index (χ0) is 40.3. The van der Waals surface area contributed by atoms with Crippen LogP contribution in [-0.4, -0.2) is 10.7 Å². The largest absolute Gasteiger partial charge is 0.361 e. The second kappa shape index (κ2) is 16.7. The fourth-order valence-electron chi connectivity index (χ4n) is 8.47. The average molecular weight is 782 g/mol. The maximum atomic E-state index is 5.63. The van der Waals surface area contributed by atoms with Gasteiger partial charge in [-0.15, -0.1) is 0 Å². The number of nitrogens with zero attached hydrogens (tertiary/aromatic N) is 1. The minimum absolute atomic E-state index is 0.400. The third-order valence-electron chi connectivity index (χ3n) is 11.3. The van der Waals surface area contributed by atoms with E-state index in [1.807, 2.05) is 20.0 Å². The van der Waals surface area contributed by atoms with Crippen LogP contribution in [-0.2, 0) is 6.42 Å². The molecule has 0 fully saturated rings. The zero-order valence-corrected chi connectivity index (χ0v) is 34.6. The molecule has 2 aliphatic rings. The smallest absolute Gasteiger partial charge is 0.145 e. The van der Waals surface area contributed by atoms with Gasteiger partial charge in [0.2, 0.25) is 0 Å². The Balaban J connectivity index is 0.00000221. The second-order valence-electron chi connectivity index (χ2n) is 14.9. The first-order valence-corrected chi connectivity index (χ1v) is 21.5. The van der Waals surface area contributed by atoms with Crippen molar-refractivity contribution < 1.29 is 0 Å². The van der Waals surface area contributed by atoms with Crippen molar-refractivity contribution in [3.8, 4) is 22.3 Å². The molecule has 0 radical (unpaired) electrons. The number of anilines is 1. The van der Waals surface area contributed by atoms with Crippen molar-refractivity contribution in [2.75, 3.05) is 5.32 Å². The van der Waals surface area contributed by atoms with E-state index in [0.717, 1.165) is 61.6 Å². The summed E-state index contributed by atoms with van der Waals surface area (Å²) in [5.41, 5.74) is 16.3. The van der Waals surface area contributed by atoms with Gasteiger partial charge in [-0.1, -0.05) is 160 Å². The van der Waals surface area contributed by atoms with E-state index in [2.05, 4.69) is 194 Å². The average Bonchev–Trinajstić information content (AvgIpc) is 3.78. The summed E-state index contributed by atoms with van der Waals surface area (Å²) in [7, 11) is 0. The lowest BCUT2D eigenvalue weighted by atomic mass is 9.84. The van der Waals surface area contributed by atoms with Crippen LogP contribution in [0.25, 0.3) is 61.7 Å². The molecule has 0 spiro atoms. The number of aromatic nitrogens is 1. The number of thioether (sulfide) groups is 1. The van der Waals surface area contributed by atoms with Crippen LogP contribution in [0.4, 0.5) is 5.69 Å². The number of nitrogens with one attached hydrogen (secondary N) is 2. The van der Waals surface area contributed by atoms with Crippen LogP contribution in [0.15, 0.2) is 185 Å². The first-order valence-electron chi connectivity index (χ1n) is 20.6. The monoisotopic (exact) mass is 781 g/mol. The van der Waals surface area contributed by atoms with E-state index in [-0.39, 0.29) is 0 Å². The van der Waals surface area contributed by atoms with Crippen molar-refractivity contribution in [1.82, 2.24) is 4.98 Å². The Morgan fingerprint density at radius 3 is 2.39 bits per heavy atom. The van der Waals surface area contributed by atoms with Crippen molar-refractivity contribution in [3.05, 3.63) is 209 Å². The predicted octanol–water partition coefficient (Wildman–Crippen LogP) is 15.4. The van der Waals surface area contributed by atoms with Gasteiger partial charge in [-0.3, -0.25) is 4.99 Å². The number of para-hydroxylation sites is 2. The molecule has 1 aromatic heterocycles. The molecule has 1 atom stereocenters. The highest BCUT2D eigenvalue weighted by molar-refractivity contribution is 8.04. The van der Waals surface area contributed by atoms with Crippen molar-refractivity contribution >= 4 is 62.6 Å². The number of hydrogen-bond acceptors (Lipinski definition) is 3. The van der Waals surface area contributed by atoms with Gasteiger partial charge in [-0.25, -0.2) is 0 Å². The lowest BCUT2D eigenvalue weighted by molar-refractivity contribution is 0.833. The molecule has 59 heavy (non-hydrogen) atoms. The third-order valence-corrected chi connectivity index (χ3v) is 12.3. The second-order valence-corrected chi connectivity index (χ2v) is 16.0.